The van der Waals surface area contributed by atoms with E-state index in [4.69, 9.17) is 5.11 Å². The Bertz CT molecular complexity index is 623. The molecule has 0 aliphatic carbocycles. The van der Waals surface area contributed by atoms with E-state index in [1.54, 1.807) is 6.07 Å². The molecule has 4 nitrogen and oxygen atoms in total. The molecule has 0 radical (unpaired) electrons. The first-order valence-electron chi connectivity index (χ1n) is 6.12. The maximum absolute atomic E-state index is 11.1. The minimum atomic E-state index is -1.02. The van der Waals surface area contributed by atoms with Crippen LogP contribution in [0.5, 0.6) is 0 Å². The number of para-hydroxylation sites is 1. The van der Waals surface area contributed by atoms with Gasteiger partial charge in [0, 0.05) is 17.1 Å². The molecule has 4 heteroatoms. The number of nitrogens with one attached hydrogen (secondary N) is 1. The molecular weight excluding hydrogens is 240 g/mol. The first-order chi connectivity index (χ1) is 9.11. The largest absolute Gasteiger partial charge is 0.477 e. The molecule has 0 fully saturated rings. The maximum atomic E-state index is 11.1. The van der Waals surface area contributed by atoms with Crippen LogP contribution in [0, 0.1) is 0 Å². The fourth-order valence-corrected chi connectivity index (χ4v) is 1.98. The average Bonchev–Trinajstić information content (AvgIpc) is 2.38. The van der Waals surface area contributed by atoms with Crippen molar-refractivity contribution in [2.45, 2.75) is 19.4 Å². The summed E-state index contributed by atoms with van der Waals surface area (Å²) in [6, 6.07) is 9.25. The van der Waals surface area contributed by atoms with E-state index in [0.29, 0.717) is 5.52 Å². The highest BCUT2D eigenvalue weighted by atomic mass is 16.4. The molecule has 0 aliphatic heterocycles. The number of aromatic carboxylic acids is 1. The van der Waals surface area contributed by atoms with E-state index in [-0.39, 0.29) is 11.7 Å². The summed E-state index contributed by atoms with van der Waals surface area (Å²) in [5.74, 6) is -1.02. The quantitative estimate of drug-likeness (QED) is 0.806. The van der Waals surface area contributed by atoms with Gasteiger partial charge in [-0.2, -0.15) is 0 Å². The lowest BCUT2D eigenvalue weighted by Gasteiger charge is -2.15. The Hall–Kier alpha value is -2.36. The third-order valence-electron chi connectivity index (χ3n) is 2.86. The number of aromatic nitrogens is 1. The minimum Gasteiger partial charge on any atom is -0.477 e. The number of hydrogen-bond acceptors (Lipinski definition) is 3. The molecule has 0 aliphatic rings. The van der Waals surface area contributed by atoms with Crippen LogP contribution in [-0.4, -0.2) is 22.1 Å². The molecule has 1 heterocycles. The minimum absolute atomic E-state index is 0.0482. The number of rotatable bonds is 5. The summed E-state index contributed by atoms with van der Waals surface area (Å²) in [6.45, 7) is 5.73. The van der Waals surface area contributed by atoms with Gasteiger partial charge in [-0.1, -0.05) is 24.3 Å². The molecule has 0 spiro atoms. The Morgan fingerprint density at radius 3 is 2.95 bits per heavy atom. The van der Waals surface area contributed by atoms with E-state index in [2.05, 4.69) is 16.9 Å². The van der Waals surface area contributed by atoms with E-state index < -0.39 is 5.97 Å². The van der Waals surface area contributed by atoms with Gasteiger partial charge in [0.05, 0.1) is 5.52 Å². The number of benzene rings is 1. The van der Waals surface area contributed by atoms with Crippen LogP contribution in [0.15, 0.2) is 43.0 Å². The molecule has 1 aromatic carbocycles. The van der Waals surface area contributed by atoms with Gasteiger partial charge in [0.25, 0.3) is 0 Å². The van der Waals surface area contributed by atoms with Crippen molar-refractivity contribution < 1.29 is 9.90 Å². The van der Waals surface area contributed by atoms with E-state index >= 15 is 0 Å². The van der Waals surface area contributed by atoms with Crippen molar-refractivity contribution in [1.29, 1.82) is 0 Å². The number of fused-ring (bicyclic) bond motifs is 1. The van der Waals surface area contributed by atoms with Crippen LogP contribution in [0.3, 0.4) is 0 Å². The van der Waals surface area contributed by atoms with Crippen molar-refractivity contribution in [3.63, 3.8) is 0 Å². The smallest absolute Gasteiger partial charge is 0.354 e. The second-order valence-corrected chi connectivity index (χ2v) is 4.45. The highest BCUT2D eigenvalue weighted by Crippen LogP contribution is 2.24. The van der Waals surface area contributed by atoms with Crippen LogP contribution in [0.25, 0.3) is 10.9 Å². The number of carboxylic acid groups (broad SMARTS) is 1. The van der Waals surface area contributed by atoms with Gasteiger partial charge in [0.15, 0.2) is 5.69 Å². The molecule has 0 bridgehead atoms. The number of pyridine rings is 1. The predicted octanol–water partition coefficient (Wildman–Crippen LogP) is 3.31. The third kappa shape index (κ3) is 2.91. The molecule has 2 rings (SSSR count). The summed E-state index contributed by atoms with van der Waals surface area (Å²) >= 11 is 0. The van der Waals surface area contributed by atoms with E-state index in [9.17, 15) is 4.79 Å². The number of carbonyl (C=O) groups is 1. The van der Waals surface area contributed by atoms with Gasteiger partial charge < -0.3 is 10.4 Å². The molecule has 0 saturated carbocycles. The van der Waals surface area contributed by atoms with Crippen LogP contribution in [0.1, 0.15) is 23.8 Å². The fraction of sp³-hybridized carbons (Fsp3) is 0.200. The lowest BCUT2D eigenvalue weighted by molar-refractivity contribution is 0.0691. The predicted molar refractivity (Wildman–Crippen MR) is 76.6 cm³/mol. The average molecular weight is 256 g/mol. The van der Waals surface area contributed by atoms with Gasteiger partial charge in [0.1, 0.15) is 0 Å². The Morgan fingerprint density at radius 2 is 2.26 bits per heavy atom. The zero-order valence-electron chi connectivity index (χ0n) is 10.8. The number of anilines is 1. The highest BCUT2D eigenvalue weighted by molar-refractivity contribution is 5.97. The summed E-state index contributed by atoms with van der Waals surface area (Å²) < 4.78 is 0. The second-order valence-electron chi connectivity index (χ2n) is 4.45. The van der Waals surface area contributed by atoms with Gasteiger partial charge in [-0.25, -0.2) is 9.78 Å². The van der Waals surface area contributed by atoms with Crippen molar-refractivity contribution >= 4 is 22.6 Å². The highest BCUT2D eigenvalue weighted by Gasteiger charge is 2.11. The third-order valence-corrected chi connectivity index (χ3v) is 2.86. The van der Waals surface area contributed by atoms with Crippen LogP contribution < -0.4 is 5.32 Å². The van der Waals surface area contributed by atoms with Crippen molar-refractivity contribution in [2.75, 3.05) is 5.32 Å². The lowest BCUT2D eigenvalue weighted by atomic mass is 10.1. The number of nitrogens with zero attached hydrogens (tertiary/aromatic N) is 1. The Kier molecular flexibility index (Phi) is 3.80. The number of hydrogen-bond donors (Lipinski definition) is 2. The van der Waals surface area contributed by atoms with Crippen molar-refractivity contribution in [3.05, 3.63) is 48.7 Å². The Balaban J connectivity index is 2.50. The zero-order valence-corrected chi connectivity index (χ0v) is 10.8. The summed E-state index contributed by atoms with van der Waals surface area (Å²) in [7, 11) is 0. The van der Waals surface area contributed by atoms with Crippen molar-refractivity contribution in [3.8, 4) is 0 Å². The van der Waals surface area contributed by atoms with E-state index in [1.807, 2.05) is 37.3 Å². The first kappa shape index (κ1) is 13.1. The molecular formula is C15H16N2O2. The summed E-state index contributed by atoms with van der Waals surface area (Å²) in [6.07, 6.45) is 2.64. The second kappa shape index (κ2) is 5.52. The van der Waals surface area contributed by atoms with E-state index in [1.165, 1.54) is 0 Å². The molecule has 2 aromatic rings. The Labute approximate surface area is 111 Å². The van der Waals surface area contributed by atoms with Crippen LogP contribution in [0.2, 0.25) is 0 Å². The van der Waals surface area contributed by atoms with Crippen LogP contribution in [0.4, 0.5) is 5.69 Å². The SMILES string of the molecule is C=CCC(C)Nc1cc(C(=O)O)nc2ccccc12. The van der Waals surface area contributed by atoms with Crippen LogP contribution >= 0.6 is 0 Å². The molecule has 1 aromatic heterocycles. The summed E-state index contributed by atoms with van der Waals surface area (Å²) in [5, 5.41) is 13.3. The topological polar surface area (TPSA) is 62.2 Å². The first-order valence-corrected chi connectivity index (χ1v) is 6.12. The van der Waals surface area contributed by atoms with Crippen LogP contribution in [-0.2, 0) is 0 Å². The van der Waals surface area contributed by atoms with E-state index in [0.717, 1.165) is 17.5 Å². The molecule has 2 N–H and O–H groups in total. The van der Waals surface area contributed by atoms with Crippen molar-refractivity contribution in [1.82, 2.24) is 4.98 Å². The standard InChI is InChI=1S/C15H16N2O2/c1-3-6-10(2)16-13-9-14(15(18)19)17-12-8-5-4-7-11(12)13/h3-5,7-10H,1,6H2,2H3,(H,16,17)(H,18,19). The molecule has 0 saturated heterocycles. The molecule has 1 atom stereocenters. The maximum Gasteiger partial charge on any atom is 0.354 e. The molecule has 1 unspecified atom stereocenters. The van der Waals surface area contributed by atoms with Gasteiger partial charge in [-0.15, -0.1) is 6.58 Å². The fourth-order valence-electron chi connectivity index (χ4n) is 1.98. The lowest BCUT2D eigenvalue weighted by Crippen LogP contribution is -2.15. The Morgan fingerprint density at radius 1 is 1.53 bits per heavy atom. The normalized spacial score (nSPS) is 12.1. The van der Waals surface area contributed by atoms with Gasteiger partial charge in [-0.05, 0) is 25.5 Å². The van der Waals surface area contributed by atoms with Gasteiger partial charge >= 0.3 is 5.97 Å². The molecule has 19 heavy (non-hydrogen) atoms. The molecule has 98 valence electrons. The summed E-state index contributed by atoms with van der Waals surface area (Å²) in [5.41, 5.74) is 1.51. The van der Waals surface area contributed by atoms with Gasteiger partial charge in [0.2, 0.25) is 0 Å². The monoisotopic (exact) mass is 256 g/mol. The molecule has 0 amide bonds. The summed E-state index contributed by atoms with van der Waals surface area (Å²) in [4.78, 5) is 15.2. The van der Waals surface area contributed by atoms with Gasteiger partial charge in [-0.3, -0.25) is 0 Å². The zero-order chi connectivity index (χ0) is 13.8. The van der Waals surface area contributed by atoms with Crippen molar-refractivity contribution in [2.24, 2.45) is 0 Å². The number of carboxylic acids is 1.